The fourth-order valence-corrected chi connectivity index (χ4v) is 3.36. The Hall–Kier alpha value is -2.24. The number of carboxylic acid groups (broad SMARTS) is 1. The van der Waals surface area contributed by atoms with Gasteiger partial charge in [-0.1, -0.05) is 13.8 Å². The third-order valence-corrected chi connectivity index (χ3v) is 5.25. The Morgan fingerprint density at radius 3 is 2.16 bits per heavy atom. The maximum atomic E-state index is 12.9. The van der Waals surface area contributed by atoms with Gasteiger partial charge in [-0.2, -0.15) is 0 Å². The van der Waals surface area contributed by atoms with Crippen LogP contribution in [0.4, 0.5) is 0 Å². The second kappa shape index (κ2) is 13.2. The second-order valence-corrected chi connectivity index (χ2v) is 8.29. The minimum absolute atomic E-state index is 0.268. The smallest absolute Gasteiger partial charge is 0.328 e. The Balaban J connectivity index is 2.87. The van der Waals surface area contributed by atoms with Gasteiger partial charge >= 0.3 is 5.97 Å². The Morgan fingerprint density at radius 1 is 1.03 bits per heavy atom. The predicted octanol–water partition coefficient (Wildman–Crippen LogP) is -1.56. The summed E-state index contributed by atoms with van der Waals surface area (Å²) in [4.78, 5) is 49.3. The molecule has 0 aromatic heterocycles. The number of carbonyl (C=O) groups excluding carboxylic acids is 3. The second-order valence-electron chi connectivity index (χ2n) is 8.29. The molecule has 1 heterocycles. The highest BCUT2D eigenvalue weighted by Gasteiger charge is 2.33. The van der Waals surface area contributed by atoms with E-state index < -0.39 is 42.0 Å². The van der Waals surface area contributed by atoms with Crippen LogP contribution in [-0.4, -0.2) is 77.3 Å². The SMILES string of the molecule is CC(C)C(NC(=O)C(CCCCN)NC(=O)C1CCCN1)C(=O)NC(C(=O)O)C(C)O. The number of aliphatic hydroxyl groups is 1. The van der Waals surface area contributed by atoms with Gasteiger partial charge in [-0.3, -0.25) is 14.4 Å². The standard InChI is InChI=1S/C20H37N5O6/c1-11(2)15(19(29)25-16(12(3)26)20(30)31)24-18(28)14(7-4-5-9-21)23-17(27)13-8-6-10-22-13/h11-16,22,26H,4-10,21H2,1-3H3,(H,23,27)(H,24,28)(H,25,29)(H,30,31). The summed E-state index contributed by atoms with van der Waals surface area (Å²) in [6.45, 7) is 5.85. The molecular weight excluding hydrogens is 406 g/mol. The van der Waals surface area contributed by atoms with E-state index in [2.05, 4.69) is 21.3 Å². The number of amides is 3. The summed E-state index contributed by atoms with van der Waals surface area (Å²) in [5, 5.41) is 29.5. The largest absolute Gasteiger partial charge is 0.480 e. The summed E-state index contributed by atoms with van der Waals surface area (Å²) in [5.41, 5.74) is 5.53. The van der Waals surface area contributed by atoms with E-state index in [1.165, 1.54) is 6.92 Å². The zero-order chi connectivity index (χ0) is 23.6. The lowest BCUT2D eigenvalue weighted by Gasteiger charge is -2.27. The first-order valence-electron chi connectivity index (χ1n) is 10.8. The molecule has 1 aliphatic heterocycles. The van der Waals surface area contributed by atoms with Crippen molar-refractivity contribution in [3.63, 3.8) is 0 Å². The zero-order valence-corrected chi connectivity index (χ0v) is 18.5. The monoisotopic (exact) mass is 443 g/mol. The van der Waals surface area contributed by atoms with E-state index >= 15 is 0 Å². The van der Waals surface area contributed by atoms with Gasteiger partial charge in [0.25, 0.3) is 0 Å². The van der Waals surface area contributed by atoms with E-state index in [9.17, 15) is 29.4 Å². The van der Waals surface area contributed by atoms with Gasteiger partial charge in [-0.25, -0.2) is 4.79 Å². The van der Waals surface area contributed by atoms with Crippen LogP contribution in [0.3, 0.4) is 0 Å². The summed E-state index contributed by atoms with van der Waals surface area (Å²) < 4.78 is 0. The van der Waals surface area contributed by atoms with E-state index in [-0.39, 0.29) is 17.9 Å². The number of nitrogens with one attached hydrogen (secondary N) is 4. The van der Waals surface area contributed by atoms with Crippen molar-refractivity contribution in [2.75, 3.05) is 13.1 Å². The third kappa shape index (κ3) is 8.80. The summed E-state index contributed by atoms with van der Waals surface area (Å²) in [6.07, 6.45) is 1.92. The van der Waals surface area contributed by atoms with E-state index in [1.54, 1.807) is 13.8 Å². The van der Waals surface area contributed by atoms with E-state index in [4.69, 9.17) is 5.73 Å². The number of rotatable bonds is 13. The molecule has 11 heteroatoms. The summed E-state index contributed by atoms with van der Waals surface area (Å²) >= 11 is 0. The first-order chi connectivity index (χ1) is 14.6. The van der Waals surface area contributed by atoms with Gasteiger partial charge in [0, 0.05) is 0 Å². The number of carbonyl (C=O) groups is 4. The normalized spacial score (nSPS) is 19.9. The van der Waals surface area contributed by atoms with Crippen LogP contribution in [0.15, 0.2) is 0 Å². The fourth-order valence-electron chi connectivity index (χ4n) is 3.36. The van der Waals surface area contributed by atoms with Crippen molar-refractivity contribution in [1.29, 1.82) is 0 Å². The van der Waals surface area contributed by atoms with Crippen molar-refractivity contribution < 1.29 is 29.4 Å². The predicted molar refractivity (Wildman–Crippen MR) is 114 cm³/mol. The molecule has 0 bridgehead atoms. The molecule has 5 unspecified atom stereocenters. The topological polar surface area (TPSA) is 183 Å². The van der Waals surface area contributed by atoms with Gasteiger partial charge in [-0.15, -0.1) is 0 Å². The number of hydrogen-bond acceptors (Lipinski definition) is 7. The van der Waals surface area contributed by atoms with Gasteiger partial charge in [0.05, 0.1) is 12.1 Å². The molecule has 0 aromatic rings. The zero-order valence-electron chi connectivity index (χ0n) is 18.5. The minimum Gasteiger partial charge on any atom is -0.480 e. The van der Waals surface area contributed by atoms with Crippen LogP contribution in [0.1, 0.15) is 52.9 Å². The molecular formula is C20H37N5O6. The van der Waals surface area contributed by atoms with Crippen molar-refractivity contribution in [1.82, 2.24) is 21.3 Å². The van der Waals surface area contributed by atoms with Crippen LogP contribution in [0.2, 0.25) is 0 Å². The van der Waals surface area contributed by atoms with Crippen molar-refractivity contribution in [2.24, 2.45) is 11.7 Å². The summed E-state index contributed by atoms with van der Waals surface area (Å²) in [6, 6.07) is -3.73. The van der Waals surface area contributed by atoms with Crippen LogP contribution in [0, 0.1) is 5.92 Å². The van der Waals surface area contributed by atoms with Gasteiger partial charge in [0.2, 0.25) is 17.7 Å². The molecule has 0 aliphatic carbocycles. The van der Waals surface area contributed by atoms with Crippen LogP contribution in [0.25, 0.3) is 0 Å². The Kier molecular flexibility index (Phi) is 11.4. The van der Waals surface area contributed by atoms with Crippen LogP contribution in [0.5, 0.6) is 0 Å². The first kappa shape index (κ1) is 26.8. The fraction of sp³-hybridized carbons (Fsp3) is 0.800. The van der Waals surface area contributed by atoms with Crippen LogP contribution < -0.4 is 27.0 Å². The first-order valence-corrected chi connectivity index (χ1v) is 10.8. The number of nitrogens with two attached hydrogens (primary N) is 1. The molecule has 1 aliphatic rings. The molecule has 0 radical (unpaired) electrons. The van der Waals surface area contributed by atoms with Crippen molar-refractivity contribution in [3.8, 4) is 0 Å². The van der Waals surface area contributed by atoms with E-state index in [1.807, 2.05) is 0 Å². The molecule has 31 heavy (non-hydrogen) atoms. The average Bonchev–Trinajstić information content (AvgIpc) is 3.23. The third-order valence-electron chi connectivity index (χ3n) is 5.25. The quantitative estimate of drug-likeness (QED) is 0.167. The van der Waals surface area contributed by atoms with Crippen molar-refractivity contribution >= 4 is 23.7 Å². The number of unbranched alkanes of at least 4 members (excludes halogenated alkanes) is 1. The molecule has 11 nitrogen and oxygen atoms in total. The van der Waals surface area contributed by atoms with Gasteiger partial charge in [0.1, 0.15) is 12.1 Å². The maximum absolute atomic E-state index is 12.9. The van der Waals surface area contributed by atoms with E-state index in [0.717, 1.165) is 13.0 Å². The lowest BCUT2D eigenvalue weighted by molar-refractivity contribution is -0.145. The highest BCUT2D eigenvalue weighted by molar-refractivity contribution is 5.94. The minimum atomic E-state index is -1.50. The number of aliphatic hydroxyl groups excluding tert-OH is 1. The molecule has 8 N–H and O–H groups in total. The highest BCUT2D eigenvalue weighted by atomic mass is 16.4. The Morgan fingerprint density at radius 2 is 1.68 bits per heavy atom. The van der Waals surface area contributed by atoms with Gasteiger partial charge < -0.3 is 37.2 Å². The molecule has 0 spiro atoms. The Bertz CT molecular complexity index is 621. The average molecular weight is 444 g/mol. The molecule has 0 saturated carbocycles. The molecule has 5 atom stereocenters. The van der Waals surface area contributed by atoms with E-state index in [0.29, 0.717) is 32.2 Å². The molecule has 1 saturated heterocycles. The number of carboxylic acids is 1. The molecule has 1 rings (SSSR count). The Labute approximate surface area is 182 Å². The molecule has 1 fully saturated rings. The lowest BCUT2D eigenvalue weighted by atomic mass is 10.0. The highest BCUT2D eigenvalue weighted by Crippen LogP contribution is 2.09. The van der Waals surface area contributed by atoms with Crippen molar-refractivity contribution in [3.05, 3.63) is 0 Å². The number of aliphatic carboxylic acids is 1. The van der Waals surface area contributed by atoms with Gasteiger partial charge in [-0.05, 0) is 58.0 Å². The van der Waals surface area contributed by atoms with Crippen molar-refractivity contribution in [2.45, 2.75) is 83.1 Å². The lowest BCUT2D eigenvalue weighted by Crippen LogP contribution is -2.59. The van der Waals surface area contributed by atoms with Crippen LogP contribution >= 0.6 is 0 Å². The number of hydrogen-bond donors (Lipinski definition) is 7. The van der Waals surface area contributed by atoms with Crippen LogP contribution in [-0.2, 0) is 19.2 Å². The summed E-state index contributed by atoms with van der Waals surface area (Å²) in [7, 11) is 0. The summed E-state index contributed by atoms with van der Waals surface area (Å²) in [5.74, 6) is -3.25. The van der Waals surface area contributed by atoms with Gasteiger partial charge in [0.15, 0.2) is 6.04 Å². The maximum Gasteiger partial charge on any atom is 0.328 e. The molecule has 0 aromatic carbocycles. The molecule has 178 valence electrons. The molecule has 3 amide bonds.